The summed E-state index contributed by atoms with van der Waals surface area (Å²) in [6, 6.07) is 6.21. The van der Waals surface area contributed by atoms with Crippen LogP contribution in [0.3, 0.4) is 0 Å². The Balaban J connectivity index is -0.0000000973. The molecule has 0 aliphatic rings. The van der Waals surface area contributed by atoms with Crippen LogP contribution < -0.4 is 5.19 Å². The van der Waals surface area contributed by atoms with Gasteiger partial charge in [-0.3, -0.25) is 8.22 Å². The van der Waals surface area contributed by atoms with E-state index in [1.807, 2.05) is 20.8 Å². The zero-order valence-corrected chi connectivity index (χ0v) is 17.7. The molecule has 0 radical (unpaired) electrons. The molecule has 0 heterocycles. The van der Waals surface area contributed by atoms with Gasteiger partial charge in [0.05, 0.1) is 0 Å². The van der Waals surface area contributed by atoms with Crippen molar-refractivity contribution in [2.24, 2.45) is 0 Å². The fourth-order valence-electron chi connectivity index (χ4n) is 0.534. The second kappa shape index (κ2) is 28.4. The van der Waals surface area contributed by atoms with Crippen LogP contribution in [0.2, 0.25) is 0 Å². The van der Waals surface area contributed by atoms with Crippen LogP contribution >= 0.6 is 0 Å². The molecule has 7 heteroatoms. The Morgan fingerprint density at radius 3 is 1.14 bits per heavy atom. The number of hydrogen-bond acceptors (Lipinski definition) is 0. The maximum absolute atomic E-state index is 11.7. The predicted molar refractivity (Wildman–Crippen MR) is 90.5 cm³/mol. The minimum Gasteiger partial charge on any atom is -0.665 e. The zero-order valence-electron chi connectivity index (χ0n) is 14.1. The summed E-state index contributed by atoms with van der Waals surface area (Å²) in [6.45, 7) is 8.88. The van der Waals surface area contributed by atoms with Gasteiger partial charge in [-0.25, -0.2) is 12.1 Å². The number of nitrogens with zero attached hydrogens (tertiary/aromatic N) is 3. The summed E-state index contributed by atoms with van der Waals surface area (Å²) in [4.78, 5) is 0. The van der Waals surface area contributed by atoms with Gasteiger partial charge in [-0.05, 0) is 0 Å². The predicted octanol–water partition coefficient (Wildman–Crippen LogP) is 3.80. The van der Waals surface area contributed by atoms with Crippen molar-refractivity contribution in [1.29, 1.82) is 0 Å². The van der Waals surface area contributed by atoms with Gasteiger partial charge in [-0.2, -0.15) is 52.9 Å². The van der Waals surface area contributed by atoms with Gasteiger partial charge in [0, 0.05) is 0 Å². The van der Waals surface area contributed by atoms with Crippen LogP contribution in [0.1, 0.15) is 20.8 Å². The molecule has 0 saturated heterocycles. The van der Waals surface area contributed by atoms with Crippen molar-refractivity contribution in [3.8, 4) is 0 Å². The third-order valence-electron chi connectivity index (χ3n) is 1.89. The maximum atomic E-state index is 11.7. The van der Waals surface area contributed by atoms with E-state index in [0.29, 0.717) is 0 Å². The third kappa shape index (κ3) is 33.2. The summed E-state index contributed by atoms with van der Waals surface area (Å²) >= 11 is 0. The van der Waals surface area contributed by atoms with Gasteiger partial charge in [0.2, 0.25) is 0 Å². The molecule has 0 aliphatic carbocycles. The number of rotatable bonds is 4. The van der Waals surface area contributed by atoms with Crippen molar-refractivity contribution in [3.05, 3.63) is 40.2 Å². The van der Waals surface area contributed by atoms with E-state index in [4.69, 9.17) is 0 Å². The Bertz CT molecular complexity index is 223. The van der Waals surface area contributed by atoms with E-state index >= 15 is 0 Å². The Labute approximate surface area is 150 Å². The summed E-state index contributed by atoms with van der Waals surface area (Å²) < 4.78 is 23.5. The molecule has 3 nitrogen and oxygen atoms in total. The van der Waals surface area contributed by atoms with Gasteiger partial charge in [0.15, 0.2) is 0 Å². The van der Waals surface area contributed by atoms with Crippen LogP contribution in [0.25, 0.3) is 16.0 Å². The first-order valence-corrected chi connectivity index (χ1v) is 8.16. The summed E-state index contributed by atoms with van der Waals surface area (Å²) in [5, 5.41) is 11.4. The summed E-state index contributed by atoms with van der Waals surface area (Å²) in [6.07, 6.45) is 0. The fraction of sp³-hybridized carbons (Fsp3) is 0.643. The van der Waals surface area contributed by atoms with E-state index in [-0.39, 0.29) is 31.4 Å². The van der Waals surface area contributed by atoms with Gasteiger partial charge in [0.25, 0.3) is 0 Å². The van der Waals surface area contributed by atoms with E-state index in [9.17, 15) is 8.22 Å². The molecule has 0 amide bonds. The van der Waals surface area contributed by atoms with Gasteiger partial charge in [-0.15, -0.1) is 5.19 Å². The van der Waals surface area contributed by atoms with Crippen LogP contribution in [0.5, 0.6) is 0 Å². The Kier molecular flexibility index (Phi) is 39.5. The maximum Gasteiger partial charge on any atom is 4.00 e. The van der Waals surface area contributed by atoms with Gasteiger partial charge in [0.1, 0.15) is 0 Å². The fourth-order valence-corrected chi connectivity index (χ4v) is 1.05. The molecular formula is C14H29F2N3SiZr. The molecule has 1 aromatic carbocycles. The molecule has 0 aliphatic heterocycles. The van der Waals surface area contributed by atoms with Crippen molar-refractivity contribution in [1.82, 2.24) is 0 Å². The standard InChI is InChI=1S/C5H5F2Si.3C3H8N.Zr/c6-8(7)5-3-1-2-4-5;3*1-3-4-2;/h1-4,8H;3*3H2,1-2H3;/q4*-1;+4. The van der Waals surface area contributed by atoms with Crippen molar-refractivity contribution in [2.45, 2.75) is 20.8 Å². The molecule has 122 valence electrons. The van der Waals surface area contributed by atoms with Gasteiger partial charge >= 0.3 is 35.7 Å². The molecule has 0 aromatic heterocycles. The monoisotopic (exact) mass is 395 g/mol. The first kappa shape index (κ1) is 29.2. The average molecular weight is 397 g/mol. The van der Waals surface area contributed by atoms with Crippen LogP contribution in [-0.4, -0.2) is 50.2 Å². The molecular weight excluding hydrogens is 367 g/mol. The van der Waals surface area contributed by atoms with Crippen LogP contribution in [0.4, 0.5) is 8.22 Å². The summed E-state index contributed by atoms with van der Waals surface area (Å²) in [5.74, 6) is 0. The SMILES string of the molecule is CC[N-]C.CC[N-]C.CC[N-]C.F[SiH](F)[c-]1cccc1.[Zr+4]. The molecule has 1 rings (SSSR count). The molecule has 0 saturated carbocycles. The molecule has 21 heavy (non-hydrogen) atoms. The molecule has 0 unspecified atom stereocenters. The molecule has 0 atom stereocenters. The molecule has 0 bridgehead atoms. The largest absolute Gasteiger partial charge is 4.00 e. The van der Waals surface area contributed by atoms with E-state index < -0.39 is 9.46 Å². The minimum atomic E-state index is -3.48. The quantitative estimate of drug-likeness (QED) is 0.422. The normalized spacial score (nSPS) is 8.24. The molecule has 0 N–H and O–H groups in total. The molecule has 1 aromatic rings. The van der Waals surface area contributed by atoms with E-state index in [0.717, 1.165) is 19.6 Å². The molecule has 0 fully saturated rings. The van der Waals surface area contributed by atoms with E-state index in [2.05, 4.69) is 16.0 Å². The topological polar surface area (TPSA) is 42.3 Å². The number of halogens is 2. The second-order valence-electron chi connectivity index (χ2n) is 3.42. The first-order chi connectivity index (χ1) is 9.55. The Hall–Kier alpha value is 0.190. The minimum absolute atomic E-state index is 0. The van der Waals surface area contributed by atoms with Crippen LogP contribution in [0, 0.1) is 0 Å². The van der Waals surface area contributed by atoms with E-state index in [1.165, 1.54) is 12.1 Å². The molecule has 0 spiro atoms. The smallest absolute Gasteiger partial charge is 0.665 e. The Morgan fingerprint density at radius 1 is 0.810 bits per heavy atom. The first-order valence-electron chi connectivity index (χ1n) is 6.71. The van der Waals surface area contributed by atoms with Gasteiger partial charge in [-0.1, -0.05) is 20.8 Å². The average Bonchev–Trinajstić information content (AvgIpc) is 3.02. The summed E-state index contributed by atoms with van der Waals surface area (Å²) in [7, 11) is 1.94. The zero-order chi connectivity index (χ0) is 16.2. The van der Waals surface area contributed by atoms with Crippen molar-refractivity contribution in [3.63, 3.8) is 0 Å². The van der Waals surface area contributed by atoms with Crippen LogP contribution in [-0.2, 0) is 26.2 Å². The van der Waals surface area contributed by atoms with Crippen molar-refractivity contribution in [2.75, 3.05) is 40.8 Å². The van der Waals surface area contributed by atoms with Crippen molar-refractivity contribution < 1.29 is 34.4 Å². The van der Waals surface area contributed by atoms with Crippen LogP contribution in [0.15, 0.2) is 24.3 Å². The number of hydrogen-bond donors (Lipinski definition) is 0. The van der Waals surface area contributed by atoms with E-state index in [1.54, 1.807) is 33.3 Å². The third-order valence-corrected chi connectivity index (χ3v) is 2.78. The Morgan fingerprint density at radius 2 is 1.05 bits per heavy atom. The van der Waals surface area contributed by atoms with Gasteiger partial charge < -0.3 is 16.0 Å². The van der Waals surface area contributed by atoms with Crippen molar-refractivity contribution >= 4 is 14.7 Å². The summed E-state index contributed by atoms with van der Waals surface area (Å²) in [5.41, 5.74) is 0. The second-order valence-corrected chi connectivity index (χ2v) is 4.68.